The van der Waals surface area contributed by atoms with Gasteiger partial charge in [0.1, 0.15) is 6.04 Å². The summed E-state index contributed by atoms with van der Waals surface area (Å²) >= 11 is 3.20. The van der Waals surface area contributed by atoms with Gasteiger partial charge in [-0.2, -0.15) is 13.2 Å². The van der Waals surface area contributed by atoms with E-state index in [1.165, 1.54) is 0 Å². The van der Waals surface area contributed by atoms with E-state index in [0.717, 1.165) is 4.47 Å². The molecule has 0 saturated carbocycles. The molecule has 1 nitrogen and oxygen atoms in total. The van der Waals surface area contributed by atoms with Crippen molar-refractivity contribution in [2.75, 3.05) is 0 Å². The zero-order chi connectivity index (χ0) is 10.8. The number of halogens is 4. The molecular weight excluding hydrogens is 259 g/mol. The lowest BCUT2D eigenvalue weighted by Crippen LogP contribution is -2.39. The van der Waals surface area contributed by atoms with Crippen LogP contribution in [0, 0.1) is 0 Å². The van der Waals surface area contributed by atoms with Gasteiger partial charge in [-0.3, -0.25) is 0 Å². The normalized spacial score (nSPS) is 14.1. The van der Waals surface area contributed by atoms with Crippen molar-refractivity contribution in [1.82, 2.24) is 0 Å². The Kier molecular flexibility index (Phi) is 3.55. The lowest BCUT2D eigenvalue weighted by Gasteiger charge is -2.15. The zero-order valence-corrected chi connectivity index (χ0v) is 8.77. The van der Waals surface area contributed by atoms with E-state index in [1.807, 2.05) is 0 Å². The van der Waals surface area contributed by atoms with Crippen LogP contribution in [0.5, 0.6) is 0 Å². The van der Waals surface area contributed by atoms with Gasteiger partial charge < -0.3 is 5.73 Å². The van der Waals surface area contributed by atoms with E-state index in [0.29, 0.717) is 5.56 Å². The fraction of sp³-hybridized carbons (Fsp3) is 0.333. The first-order chi connectivity index (χ1) is 6.39. The highest BCUT2D eigenvalue weighted by molar-refractivity contribution is 9.10. The number of benzene rings is 1. The molecule has 0 aliphatic rings. The molecule has 14 heavy (non-hydrogen) atoms. The fourth-order valence-corrected chi connectivity index (χ4v) is 1.25. The van der Waals surface area contributed by atoms with Crippen LogP contribution >= 0.6 is 15.9 Å². The van der Waals surface area contributed by atoms with E-state index in [4.69, 9.17) is 5.73 Å². The Balaban J connectivity index is 2.65. The topological polar surface area (TPSA) is 26.0 Å². The second-order valence-electron chi connectivity index (χ2n) is 2.98. The molecule has 1 rings (SSSR count). The van der Waals surface area contributed by atoms with Crippen LogP contribution in [0.25, 0.3) is 0 Å². The first-order valence-corrected chi connectivity index (χ1v) is 4.75. The highest BCUT2D eigenvalue weighted by Crippen LogP contribution is 2.22. The lowest BCUT2D eigenvalue weighted by molar-refractivity contribution is -0.147. The summed E-state index contributed by atoms with van der Waals surface area (Å²) in [7, 11) is 0. The summed E-state index contributed by atoms with van der Waals surface area (Å²) in [6.45, 7) is 0. The van der Waals surface area contributed by atoms with E-state index in [1.54, 1.807) is 24.3 Å². The molecule has 1 atom stereocenters. The molecule has 0 saturated heterocycles. The van der Waals surface area contributed by atoms with Crippen LogP contribution in [-0.4, -0.2) is 12.2 Å². The molecule has 0 spiro atoms. The van der Waals surface area contributed by atoms with Crippen LogP contribution in [0.15, 0.2) is 28.7 Å². The van der Waals surface area contributed by atoms with Gasteiger partial charge in [-0.15, -0.1) is 0 Å². The molecule has 0 radical (unpaired) electrons. The lowest BCUT2D eigenvalue weighted by atomic mass is 10.1. The molecule has 0 aliphatic heterocycles. The second kappa shape index (κ2) is 4.31. The molecule has 0 unspecified atom stereocenters. The van der Waals surface area contributed by atoms with Gasteiger partial charge in [0.2, 0.25) is 0 Å². The van der Waals surface area contributed by atoms with Gasteiger partial charge in [0.05, 0.1) is 0 Å². The van der Waals surface area contributed by atoms with Gasteiger partial charge in [-0.25, -0.2) is 0 Å². The smallest absolute Gasteiger partial charge is 0.320 e. The molecule has 0 amide bonds. The van der Waals surface area contributed by atoms with Crippen molar-refractivity contribution in [3.63, 3.8) is 0 Å². The second-order valence-corrected chi connectivity index (χ2v) is 3.89. The van der Waals surface area contributed by atoms with Crippen LogP contribution in [-0.2, 0) is 6.42 Å². The van der Waals surface area contributed by atoms with E-state index in [2.05, 4.69) is 15.9 Å². The van der Waals surface area contributed by atoms with Gasteiger partial charge in [0.25, 0.3) is 0 Å². The Labute approximate surface area is 88.2 Å². The van der Waals surface area contributed by atoms with Crippen LogP contribution in [0.3, 0.4) is 0 Å². The fourth-order valence-electron chi connectivity index (χ4n) is 0.990. The summed E-state index contributed by atoms with van der Waals surface area (Å²) in [5.41, 5.74) is 5.57. The highest BCUT2D eigenvalue weighted by atomic mass is 79.9. The van der Waals surface area contributed by atoms with Gasteiger partial charge in [-0.1, -0.05) is 28.1 Å². The number of nitrogens with two attached hydrogens (primary N) is 1. The van der Waals surface area contributed by atoms with Crippen molar-refractivity contribution in [2.24, 2.45) is 5.73 Å². The van der Waals surface area contributed by atoms with Crippen molar-refractivity contribution in [1.29, 1.82) is 0 Å². The summed E-state index contributed by atoms with van der Waals surface area (Å²) in [6, 6.07) is 4.84. The minimum atomic E-state index is -4.33. The minimum Gasteiger partial charge on any atom is -0.320 e. The number of alkyl halides is 3. The Bertz CT molecular complexity index is 294. The summed E-state index contributed by atoms with van der Waals surface area (Å²) in [5.74, 6) is 0. The maximum Gasteiger partial charge on any atom is 0.403 e. The molecule has 0 fully saturated rings. The molecule has 78 valence electrons. The van der Waals surface area contributed by atoms with Gasteiger partial charge in [0, 0.05) is 4.47 Å². The maximum absolute atomic E-state index is 12.1. The van der Waals surface area contributed by atoms with Crippen LogP contribution in [0.1, 0.15) is 5.56 Å². The van der Waals surface area contributed by atoms with Crippen LogP contribution in [0.2, 0.25) is 0 Å². The Morgan fingerprint density at radius 2 is 1.71 bits per heavy atom. The van der Waals surface area contributed by atoms with Crippen molar-refractivity contribution < 1.29 is 13.2 Å². The van der Waals surface area contributed by atoms with E-state index >= 15 is 0 Å². The third-order valence-corrected chi connectivity index (χ3v) is 2.32. The molecular formula is C9H9BrF3N. The summed E-state index contributed by atoms with van der Waals surface area (Å²) in [5, 5.41) is 0. The van der Waals surface area contributed by atoms with E-state index < -0.39 is 12.2 Å². The monoisotopic (exact) mass is 267 g/mol. The zero-order valence-electron chi connectivity index (χ0n) is 7.18. The number of hydrogen-bond acceptors (Lipinski definition) is 1. The minimum absolute atomic E-state index is 0.184. The molecule has 0 heterocycles. The van der Waals surface area contributed by atoms with Crippen molar-refractivity contribution in [2.45, 2.75) is 18.6 Å². The van der Waals surface area contributed by atoms with Crippen molar-refractivity contribution in [3.8, 4) is 0 Å². The third-order valence-electron chi connectivity index (χ3n) is 1.79. The predicted octanol–water partition coefficient (Wildman–Crippen LogP) is 2.88. The summed E-state index contributed by atoms with van der Waals surface area (Å²) in [4.78, 5) is 0. The maximum atomic E-state index is 12.1. The Hall–Kier alpha value is -0.550. The van der Waals surface area contributed by atoms with Crippen molar-refractivity contribution in [3.05, 3.63) is 34.3 Å². The molecule has 1 aromatic rings. The van der Waals surface area contributed by atoms with Gasteiger partial charge >= 0.3 is 6.18 Å². The standard InChI is InChI=1S/C9H9BrF3N/c10-7-3-1-6(2-4-7)5-8(14)9(11,12)13/h1-4,8H,5,14H2/t8-/m0/s1. The SMILES string of the molecule is N[C@@H](Cc1ccc(Br)cc1)C(F)(F)F. The van der Waals surface area contributed by atoms with E-state index in [-0.39, 0.29) is 6.42 Å². The molecule has 0 aliphatic carbocycles. The first-order valence-electron chi connectivity index (χ1n) is 3.96. The molecule has 0 aromatic heterocycles. The van der Waals surface area contributed by atoms with Gasteiger partial charge in [-0.05, 0) is 24.1 Å². The summed E-state index contributed by atoms with van der Waals surface area (Å²) < 4.78 is 37.1. The molecule has 2 N–H and O–H groups in total. The molecule has 0 bridgehead atoms. The van der Waals surface area contributed by atoms with E-state index in [9.17, 15) is 13.2 Å². The average Bonchev–Trinajstić information content (AvgIpc) is 2.07. The Morgan fingerprint density at radius 1 is 1.21 bits per heavy atom. The number of rotatable bonds is 2. The Morgan fingerprint density at radius 3 is 2.14 bits per heavy atom. The van der Waals surface area contributed by atoms with Crippen LogP contribution < -0.4 is 5.73 Å². The van der Waals surface area contributed by atoms with Crippen LogP contribution in [0.4, 0.5) is 13.2 Å². The largest absolute Gasteiger partial charge is 0.403 e. The summed E-state index contributed by atoms with van der Waals surface area (Å²) in [6.07, 6.45) is -4.51. The first kappa shape index (κ1) is 11.5. The highest BCUT2D eigenvalue weighted by Gasteiger charge is 2.36. The predicted molar refractivity (Wildman–Crippen MR) is 51.9 cm³/mol. The molecule has 1 aromatic carbocycles. The van der Waals surface area contributed by atoms with Gasteiger partial charge in [0.15, 0.2) is 0 Å². The third kappa shape index (κ3) is 3.31. The quantitative estimate of drug-likeness (QED) is 0.876. The molecule has 5 heteroatoms. The average molecular weight is 268 g/mol. The number of hydrogen-bond donors (Lipinski definition) is 1. The van der Waals surface area contributed by atoms with Crippen molar-refractivity contribution >= 4 is 15.9 Å².